The van der Waals surface area contributed by atoms with Crippen molar-refractivity contribution in [3.05, 3.63) is 109 Å². The summed E-state index contributed by atoms with van der Waals surface area (Å²) in [7, 11) is -8.01. The van der Waals surface area contributed by atoms with Crippen LogP contribution in [0.15, 0.2) is 124 Å². The molecule has 0 saturated heterocycles. The summed E-state index contributed by atoms with van der Waals surface area (Å²) in [5, 5.41) is 23.2. The summed E-state index contributed by atoms with van der Waals surface area (Å²) in [6.45, 7) is 12.1. The number of sulfonamides is 2. The molecule has 0 aliphatic carbocycles. The van der Waals surface area contributed by atoms with Crippen molar-refractivity contribution in [2.45, 2.75) is 67.9 Å². The van der Waals surface area contributed by atoms with Gasteiger partial charge in [0.1, 0.15) is 17.2 Å². The first-order chi connectivity index (χ1) is 25.3. The van der Waals surface area contributed by atoms with Gasteiger partial charge in [0, 0.05) is 49.9 Å². The van der Waals surface area contributed by atoms with Crippen LogP contribution in [0, 0.1) is 0 Å². The van der Waals surface area contributed by atoms with E-state index in [9.17, 15) is 35.2 Å². The maximum absolute atomic E-state index is 11.7. The summed E-state index contributed by atoms with van der Waals surface area (Å²) in [5.41, 5.74) is 0. The van der Waals surface area contributed by atoms with E-state index in [0.717, 1.165) is 11.1 Å². The molecular weight excluding hydrogens is 846 g/mol. The summed E-state index contributed by atoms with van der Waals surface area (Å²) in [6.07, 6.45) is 0. The van der Waals surface area contributed by atoms with E-state index in [1.165, 1.54) is 37.3 Å². The van der Waals surface area contributed by atoms with Crippen molar-refractivity contribution in [1.82, 2.24) is 6.15 Å². The highest BCUT2D eigenvalue weighted by molar-refractivity contribution is 8.14. The topological polar surface area (TPSA) is 277 Å². The largest absolute Gasteiger partial charge is 0.543 e. The lowest BCUT2D eigenvalue weighted by atomic mass is 10.1. The molecule has 0 unspecified atom stereocenters. The molecule has 0 amide bonds. The zero-order chi connectivity index (χ0) is 41.1. The number of ether oxygens (including phenoxy) is 1. The van der Waals surface area contributed by atoms with Gasteiger partial charge < -0.3 is 25.9 Å². The third-order valence-corrected chi connectivity index (χ3v) is 16.5. The molecule has 0 fully saturated rings. The highest BCUT2D eigenvalue weighted by atomic mass is 35.7. The Morgan fingerprint density at radius 1 is 0.621 bits per heavy atom. The lowest BCUT2D eigenvalue weighted by Gasteiger charge is -2.36. The number of hydrogen-bond donors (Lipinski definition) is 4. The molecule has 19 heteroatoms. The Morgan fingerprint density at radius 2 is 0.966 bits per heavy atom. The molecule has 0 radical (unpaired) electrons. The van der Waals surface area contributed by atoms with Gasteiger partial charge in [-0.15, -0.1) is 0 Å². The van der Waals surface area contributed by atoms with E-state index >= 15 is 0 Å². The van der Waals surface area contributed by atoms with E-state index < -0.39 is 43.4 Å². The number of benzene rings is 6. The van der Waals surface area contributed by atoms with Crippen molar-refractivity contribution in [2.75, 3.05) is 0 Å². The van der Waals surface area contributed by atoms with Gasteiger partial charge in [0.15, 0.2) is 0 Å². The van der Waals surface area contributed by atoms with Gasteiger partial charge in [-0.2, -0.15) is 0 Å². The number of hydrogen-bond acceptors (Lipinski definition) is 11. The van der Waals surface area contributed by atoms with Gasteiger partial charge in [0.05, 0.1) is 14.7 Å². The number of phenols is 1. The number of phenolic OH excluding ortho intramolecular Hbond substituents is 1. The number of primary sulfonamides is 2. The Balaban J connectivity index is 0.000000431. The summed E-state index contributed by atoms with van der Waals surface area (Å²) in [5.74, 6) is 0.594. The molecule has 0 spiro atoms. The first-order valence-electron chi connectivity index (χ1n) is 16.4. The first-order valence-corrected chi connectivity index (χ1v) is 24.8. The van der Waals surface area contributed by atoms with Gasteiger partial charge in [-0.05, 0) is 54.5 Å². The van der Waals surface area contributed by atoms with Crippen LogP contribution in [0.25, 0.3) is 32.3 Å². The Hall–Kier alpha value is -4.63. The van der Waals surface area contributed by atoms with E-state index in [0.29, 0.717) is 32.7 Å². The van der Waals surface area contributed by atoms with E-state index in [1.807, 2.05) is 12.1 Å². The summed E-state index contributed by atoms with van der Waals surface area (Å²) in [4.78, 5) is 11.1. The second-order valence-electron chi connectivity index (χ2n) is 13.8. The normalized spacial score (nSPS) is 11.7. The Bertz CT molecular complexity index is 2760. The Labute approximate surface area is 345 Å². The van der Waals surface area contributed by atoms with Crippen molar-refractivity contribution in [3.63, 3.8) is 0 Å². The van der Waals surface area contributed by atoms with Crippen molar-refractivity contribution in [2.24, 2.45) is 10.3 Å². The monoisotopic (exact) mass is 895 g/mol. The second kappa shape index (κ2) is 19.4. The molecular formula is C39H50ClN3O11S3Si. The Morgan fingerprint density at radius 3 is 1.38 bits per heavy atom. The zero-order valence-corrected chi connectivity index (χ0v) is 36.2. The van der Waals surface area contributed by atoms with Crippen molar-refractivity contribution in [3.8, 4) is 17.2 Å². The number of rotatable bonds is 6. The molecule has 0 aliphatic rings. The van der Waals surface area contributed by atoms with E-state index in [1.54, 1.807) is 66.7 Å². The van der Waals surface area contributed by atoms with Crippen LogP contribution in [0.1, 0.15) is 35.1 Å². The molecule has 316 valence electrons. The SMILES string of the molecule is C.CC(=O)Oc1ccc(S(=O)(=O)Cl)c2ccccc12.CC(C)(C)[Si](C)(C)Oc1ccc(S(N)(=O)=O)c2ccccc12.N.NS(=O)(=O)c1ccc(O)c2ccccc12.O. The van der Waals surface area contributed by atoms with Crippen LogP contribution in [-0.2, 0) is 33.9 Å². The lowest BCUT2D eigenvalue weighted by molar-refractivity contribution is -0.131. The molecule has 6 rings (SSSR count). The fourth-order valence-electron chi connectivity index (χ4n) is 5.21. The van der Waals surface area contributed by atoms with Gasteiger partial charge in [-0.25, -0.2) is 35.5 Å². The van der Waals surface area contributed by atoms with Crippen LogP contribution in [0.4, 0.5) is 0 Å². The molecule has 6 aromatic rings. The number of fused-ring (bicyclic) bond motifs is 3. The van der Waals surface area contributed by atoms with E-state index in [2.05, 4.69) is 33.9 Å². The second-order valence-corrected chi connectivity index (χ2v) is 24.1. The maximum atomic E-state index is 11.7. The average molecular weight is 897 g/mol. The third-order valence-electron chi connectivity index (χ3n) is 8.85. The van der Waals surface area contributed by atoms with Crippen LogP contribution in [0.5, 0.6) is 17.2 Å². The third kappa shape index (κ3) is 12.2. The van der Waals surface area contributed by atoms with Gasteiger partial charge in [-0.1, -0.05) is 101 Å². The van der Waals surface area contributed by atoms with Crippen molar-refractivity contribution >= 4 is 86.4 Å². The molecule has 14 nitrogen and oxygen atoms in total. The molecule has 0 aromatic heterocycles. The number of halogens is 1. The Kier molecular flexibility index (Phi) is 17.2. The minimum absolute atomic E-state index is 0. The summed E-state index contributed by atoms with van der Waals surface area (Å²) < 4.78 is 80.3. The van der Waals surface area contributed by atoms with Gasteiger partial charge in [0.25, 0.3) is 17.4 Å². The zero-order valence-electron chi connectivity index (χ0n) is 32.0. The van der Waals surface area contributed by atoms with Crippen LogP contribution in [-0.4, -0.2) is 50.1 Å². The predicted octanol–water partition coefficient (Wildman–Crippen LogP) is 7.73. The standard InChI is InChI=1S/C16H23NO3SSi.C12H9ClO4S.C10H9NO3S.CH4.H3N.H2O/c1-16(2,3)22(4,5)20-14-10-11-15(21(17,18)19)13-9-7-6-8-12(13)14;1-8(14)17-11-6-7-12(18(13,15)16)10-5-3-2-4-9(10)11;11-15(13,14)10-6-5-9(12)7-3-1-2-4-8(7)10;;;/h6-11H,1-5H3,(H2,17,18,19);2-7H,1H3;1-6,12H,(H2,11,13,14);1H4;1H3;1H2. The fourth-order valence-corrected chi connectivity index (χ4v) is 8.81. The fraction of sp³-hybridized carbons (Fsp3) is 0.205. The quantitative estimate of drug-likeness (QED) is 0.0543. The van der Waals surface area contributed by atoms with Gasteiger partial charge >= 0.3 is 5.97 Å². The van der Waals surface area contributed by atoms with E-state index in [-0.39, 0.29) is 44.5 Å². The van der Waals surface area contributed by atoms with Crippen LogP contribution in [0.2, 0.25) is 18.1 Å². The summed E-state index contributed by atoms with van der Waals surface area (Å²) >= 11 is 0. The summed E-state index contributed by atoms with van der Waals surface area (Å²) in [6, 6.07) is 29.2. The number of carbonyl (C=O) groups is 1. The van der Waals surface area contributed by atoms with Crippen LogP contribution in [0.3, 0.4) is 0 Å². The number of esters is 1. The molecule has 58 heavy (non-hydrogen) atoms. The molecule has 0 heterocycles. The molecule has 0 atom stereocenters. The van der Waals surface area contributed by atoms with Crippen molar-refractivity contribution < 1.29 is 49.8 Å². The number of carbonyl (C=O) groups excluding carboxylic acids is 1. The average Bonchev–Trinajstić information content (AvgIpc) is 3.07. The van der Waals surface area contributed by atoms with Gasteiger partial charge in [0.2, 0.25) is 20.0 Å². The highest BCUT2D eigenvalue weighted by Gasteiger charge is 2.39. The minimum atomic E-state index is -3.84. The molecule has 0 saturated carbocycles. The minimum Gasteiger partial charge on any atom is -0.543 e. The maximum Gasteiger partial charge on any atom is 0.308 e. The van der Waals surface area contributed by atoms with Crippen molar-refractivity contribution in [1.29, 1.82) is 0 Å². The molecule has 0 bridgehead atoms. The predicted molar refractivity (Wildman–Crippen MR) is 234 cm³/mol. The lowest BCUT2D eigenvalue weighted by Crippen LogP contribution is -2.43. The van der Waals surface area contributed by atoms with Crippen LogP contribution >= 0.6 is 10.7 Å². The molecule has 10 N–H and O–H groups in total. The number of aromatic hydroxyl groups is 1. The first kappa shape index (κ1) is 51.4. The number of nitrogens with two attached hydrogens (primary N) is 2. The highest BCUT2D eigenvalue weighted by Crippen LogP contribution is 2.40. The smallest absolute Gasteiger partial charge is 0.308 e. The van der Waals surface area contributed by atoms with E-state index in [4.69, 9.17) is 30.1 Å². The van der Waals surface area contributed by atoms with Crippen LogP contribution < -0.4 is 25.6 Å². The molecule has 6 aromatic carbocycles. The molecule has 0 aliphatic heterocycles. The van der Waals surface area contributed by atoms with Gasteiger partial charge in [-0.3, -0.25) is 4.79 Å².